The second-order valence-corrected chi connectivity index (χ2v) is 9.38. The van der Waals surface area contributed by atoms with E-state index in [1.807, 2.05) is 0 Å². The minimum atomic E-state index is -3.44. The van der Waals surface area contributed by atoms with E-state index in [4.69, 9.17) is 8.37 Å². The molecule has 0 saturated carbocycles. The van der Waals surface area contributed by atoms with E-state index < -0.39 is 16.5 Å². The SMILES string of the molecule is CCCCCCCCCCCCCCCCCC(=O)O[SH](C)(=O)OCC=O.[NaH]. The van der Waals surface area contributed by atoms with E-state index in [-0.39, 0.29) is 42.6 Å². The zero-order chi connectivity index (χ0) is 20.2. The molecule has 5 nitrogen and oxygen atoms in total. The molecule has 164 valence electrons. The van der Waals surface area contributed by atoms with Gasteiger partial charge in [-0.25, -0.2) is 4.21 Å². The van der Waals surface area contributed by atoms with E-state index in [9.17, 15) is 13.8 Å². The zero-order valence-corrected chi connectivity index (χ0v) is 18.5. The predicted octanol–water partition coefficient (Wildman–Crippen LogP) is 4.83. The second kappa shape index (κ2) is 21.9. The van der Waals surface area contributed by atoms with Gasteiger partial charge in [-0.05, 0) is 6.42 Å². The fourth-order valence-corrected chi connectivity index (χ4v) is 3.91. The van der Waals surface area contributed by atoms with Crippen molar-refractivity contribution < 1.29 is 22.2 Å². The molecule has 0 N–H and O–H groups in total. The van der Waals surface area contributed by atoms with E-state index >= 15 is 0 Å². The molecule has 0 aliphatic rings. The molecule has 0 aromatic rings. The van der Waals surface area contributed by atoms with Crippen LogP contribution in [0.4, 0.5) is 0 Å². The van der Waals surface area contributed by atoms with Crippen LogP contribution in [0.2, 0.25) is 0 Å². The first-order chi connectivity index (χ1) is 13.0. The molecular formula is C21H43NaO5S. The van der Waals surface area contributed by atoms with Crippen molar-refractivity contribution >= 4 is 52.3 Å². The summed E-state index contributed by atoms with van der Waals surface area (Å²) in [6.07, 6.45) is 21.0. The standard InChI is InChI=1S/C21H42O5S.Na.H/c1-3-4-5-6-7-8-9-10-11-12-13-14-15-16-17-18-21(23)26-27(2,24)25-20-19-22;;/h19,27H,3-18,20H2,1-2H3;;. The number of unbranched alkanes of at least 4 members (excludes halogenated alkanes) is 14. The Hall–Kier alpha value is 0.250. The minimum absolute atomic E-state index is 0. The second-order valence-electron chi connectivity index (χ2n) is 7.40. The Bertz CT molecular complexity index is 418. The van der Waals surface area contributed by atoms with Crippen LogP contribution in [0.25, 0.3) is 0 Å². The average molecular weight is 431 g/mol. The van der Waals surface area contributed by atoms with Gasteiger partial charge in [0.25, 0.3) is 0 Å². The van der Waals surface area contributed by atoms with Crippen LogP contribution in [-0.2, 0) is 28.4 Å². The van der Waals surface area contributed by atoms with E-state index in [0.29, 0.717) is 6.29 Å². The van der Waals surface area contributed by atoms with Crippen LogP contribution < -0.4 is 0 Å². The van der Waals surface area contributed by atoms with Gasteiger partial charge in [0, 0.05) is 12.7 Å². The number of hydrogen-bond donors (Lipinski definition) is 1. The summed E-state index contributed by atoms with van der Waals surface area (Å²) in [5.74, 6) is -0.513. The third kappa shape index (κ3) is 22.5. The van der Waals surface area contributed by atoms with Gasteiger partial charge in [-0.1, -0.05) is 96.8 Å². The molecule has 0 atom stereocenters. The molecule has 0 aromatic carbocycles. The Kier molecular flexibility index (Phi) is 23.9. The van der Waals surface area contributed by atoms with Crippen molar-refractivity contribution in [3.05, 3.63) is 0 Å². The molecule has 7 heteroatoms. The Morgan fingerprint density at radius 2 is 1.18 bits per heavy atom. The zero-order valence-electron chi connectivity index (χ0n) is 17.6. The van der Waals surface area contributed by atoms with Crippen molar-refractivity contribution in [3.63, 3.8) is 0 Å². The van der Waals surface area contributed by atoms with E-state index in [1.54, 1.807) is 0 Å². The van der Waals surface area contributed by atoms with E-state index in [1.165, 1.54) is 83.3 Å². The molecule has 0 radical (unpaired) electrons. The Morgan fingerprint density at radius 3 is 1.57 bits per heavy atom. The average Bonchev–Trinajstić information content (AvgIpc) is 2.63. The van der Waals surface area contributed by atoms with Crippen LogP contribution in [0.15, 0.2) is 0 Å². The first kappa shape index (κ1) is 30.4. The molecule has 0 unspecified atom stereocenters. The van der Waals surface area contributed by atoms with Crippen LogP contribution >= 0.6 is 0 Å². The van der Waals surface area contributed by atoms with E-state index in [0.717, 1.165) is 19.3 Å². The molecule has 0 fully saturated rings. The van der Waals surface area contributed by atoms with Gasteiger partial charge >= 0.3 is 35.5 Å². The first-order valence-corrected chi connectivity index (χ1v) is 12.9. The summed E-state index contributed by atoms with van der Waals surface area (Å²) in [5, 5.41) is 0. The molecular weight excluding hydrogens is 387 g/mol. The molecule has 0 aliphatic heterocycles. The van der Waals surface area contributed by atoms with Crippen LogP contribution in [-0.4, -0.2) is 58.9 Å². The molecule has 0 rings (SSSR count). The summed E-state index contributed by atoms with van der Waals surface area (Å²) >= 11 is 0. The molecule has 28 heavy (non-hydrogen) atoms. The summed E-state index contributed by atoms with van der Waals surface area (Å²) in [5.41, 5.74) is 0. The van der Waals surface area contributed by atoms with Crippen LogP contribution in [0.3, 0.4) is 0 Å². The predicted molar refractivity (Wildman–Crippen MR) is 120 cm³/mol. The summed E-state index contributed by atoms with van der Waals surface area (Å²) in [6.45, 7) is 1.94. The molecule has 0 amide bonds. The number of carbonyl (C=O) groups excluding carboxylic acids is 2. The topological polar surface area (TPSA) is 69.7 Å². The van der Waals surface area contributed by atoms with Crippen molar-refractivity contribution in [2.45, 2.75) is 110 Å². The molecule has 0 heterocycles. The van der Waals surface area contributed by atoms with Gasteiger partial charge in [0.2, 0.25) is 0 Å². The number of aldehydes is 1. The van der Waals surface area contributed by atoms with Crippen LogP contribution in [0, 0.1) is 0 Å². The van der Waals surface area contributed by atoms with Gasteiger partial charge in [-0.3, -0.25) is 8.98 Å². The van der Waals surface area contributed by atoms with Gasteiger partial charge < -0.3 is 8.98 Å². The summed E-state index contributed by atoms with van der Waals surface area (Å²) < 4.78 is 21.2. The number of rotatable bonds is 20. The monoisotopic (exact) mass is 430 g/mol. The Morgan fingerprint density at radius 1 is 0.786 bits per heavy atom. The maximum absolute atomic E-state index is 11.7. The summed E-state index contributed by atoms with van der Waals surface area (Å²) in [6, 6.07) is 0. The first-order valence-electron chi connectivity index (χ1n) is 10.9. The van der Waals surface area contributed by atoms with Crippen molar-refractivity contribution in [1.82, 2.24) is 0 Å². The summed E-state index contributed by atoms with van der Waals surface area (Å²) in [7, 11) is -3.44. The fourth-order valence-electron chi connectivity index (χ4n) is 3.06. The quantitative estimate of drug-likeness (QED) is 0.130. The molecule has 0 aliphatic carbocycles. The van der Waals surface area contributed by atoms with Gasteiger partial charge in [0.05, 0.1) is 0 Å². The van der Waals surface area contributed by atoms with Crippen molar-refractivity contribution in [2.24, 2.45) is 0 Å². The van der Waals surface area contributed by atoms with Crippen LogP contribution in [0.1, 0.15) is 110 Å². The van der Waals surface area contributed by atoms with Crippen molar-refractivity contribution in [2.75, 3.05) is 12.9 Å². The van der Waals surface area contributed by atoms with Gasteiger partial charge in [0.1, 0.15) is 23.4 Å². The van der Waals surface area contributed by atoms with Crippen molar-refractivity contribution in [1.29, 1.82) is 0 Å². The Labute approximate surface area is 196 Å². The summed E-state index contributed by atoms with van der Waals surface area (Å²) in [4.78, 5) is 21.8. The van der Waals surface area contributed by atoms with Crippen LogP contribution in [0.5, 0.6) is 0 Å². The third-order valence-corrected chi connectivity index (χ3v) is 5.78. The number of thiol groups is 1. The fraction of sp³-hybridized carbons (Fsp3) is 0.905. The van der Waals surface area contributed by atoms with Crippen molar-refractivity contribution in [3.8, 4) is 0 Å². The Balaban J connectivity index is 0. The van der Waals surface area contributed by atoms with Gasteiger partial charge in [0.15, 0.2) is 0 Å². The number of carbonyl (C=O) groups is 2. The normalized spacial score (nSPS) is 11.6. The molecule has 0 bridgehead atoms. The maximum atomic E-state index is 11.7. The molecule has 0 spiro atoms. The molecule has 0 saturated heterocycles. The number of hydrogen-bond acceptors (Lipinski definition) is 5. The van der Waals surface area contributed by atoms with E-state index in [2.05, 4.69) is 6.92 Å². The molecule has 0 aromatic heterocycles. The van der Waals surface area contributed by atoms with Gasteiger partial charge in [-0.15, -0.1) is 0 Å². The van der Waals surface area contributed by atoms with Gasteiger partial charge in [-0.2, -0.15) is 0 Å². The third-order valence-electron chi connectivity index (χ3n) is 4.63.